The van der Waals surface area contributed by atoms with Crippen LogP contribution in [0, 0.1) is 0 Å². The minimum Gasteiger partial charge on any atom is -0.444 e. The average molecular weight is 488 g/mol. The van der Waals surface area contributed by atoms with E-state index in [-0.39, 0.29) is 11.7 Å². The Morgan fingerprint density at radius 2 is 1.86 bits per heavy atom. The predicted octanol–water partition coefficient (Wildman–Crippen LogP) is 4.02. The molecule has 8 nitrogen and oxygen atoms in total. The van der Waals surface area contributed by atoms with E-state index < -0.39 is 29.8 Å². The number of amides is 2. The van der Waals surface area contributed by atoms with E-state index >= 15 is 0 Å². The smallest absolute Gasteiger partial charge is 0.414 e. The normalized spacial score (nSPS) is 17.9. The van der Waals surface area contributed by atoms with Gasteiger partial charge in [0, 0.05) is 13.5 Å². The molecular weight excluding hydrogens is 460 g/mol. The van der Waals surface area contributed by atoms with Crippen molar-refractivity contribution in [2.24, 2.45) is 4.99 Å². The molecule has 0 saturated heterocycles. The SMILES string of the molecule is CN1C(=O)C(c2ccc(OC(F)F)cc2)(c2cccc(CCC=O)c2)N=C1NC(=O)OC(C)(C)C. The molecule has 0 aromatic heterocycles. The summed E-state index contributed by atoms with van der Waals surface area (Å²) in [4.78, 5) is 42.8. The highest BCUT2D eigenvalue weighted by Gasteiger charge is 2.50. The molecule has 1 atom stereocenters. The highest BCUT2D eigenvalue weighted by atomic mass is 19.3. The standard InChI is InChI=1S/C25H27F2N3O5/c1-24(2,3)35-23(33)28-22-29-25(20(32)30(22)4,17-10-12-19(13-11-17)34-21(26)27)18-9-5-7-16(15-18)8-6-14-31/h5,7,9-15,21H,6,8H2,1-4H3,(H,28,29,33). The van der Waals surface area contributed by atoms with Gasteiger partial charge in [0.2, 0.25) is 5.96 Å². The molecule has 0 fully saturated rings. The number of alkyl carbamates (subject to hydrolysis) is 1. The molecule has 1 unspecified atom stereocenters. The molecule has 0 radical (unpaired) electrons. The van der Waals surface area contributed by atoms with Crippen LogP contribution in [0.15, 0.2) is 53.5 Å². The maximum atomic E-state index is 13.7. The van der Waals surface area contributed by atoms with E-state index in [9.17, 15) is 23.2 Å². The second-order valence-electron chi connectivity index (χ2n) is 8.95. The van der Waals surface area contributed by atoms with Gasteiger partial charge in [-0.15, -0.1) is 0 Å². The molecule has 2 amide bonds. The number of benzene rings is 2. The van der Waals surface area contributed by atoms with Crippen molar-refractivity contribution in [1.29, 1.82) is 0 Å². The van der Waals surface area contributed by atoms with Crippen molar-refractivity contribution in [2.45, 2.75) is 51.4 Å². The number of aldehydes is 1. The van der Waals surface area contributed by atoms with Crippen molar-refractivity contribution in [3.05, 3.63) is 65.2 Å². The van der Waals surface area contributed by atoms with Gasteiger partial charge in [0.1, 0.15) is 17.6 Å². The summed E-state index contributed by atoms with van der Waals surface area (Å²) in [7, 11) is 1.46. The zero-order valence-corrected chi connectivity index (χ0v) is 19.9. The molecule has 3 rings (SSSR count). The van der Waals surface area contributed by atoms with Gasteiger partial charge in [-0.25, -0.2) is 9.79 Å². The molecule has 0 bridgehead atoms. The number of nitrogens with one attached hydrogen (secondary N) is 1. The molecule has 1 N–H and O–H groups in total. The van der Waals surface area contributed by atoms with Gasteiger partial charge in [0.15, 0.2) is 5.54 Å². The molecule has 186 valence electrons. The van der Waals surface area contributed by atoms with Crippen LogP contribution in [-0.4, -0.2) is 48.4 Å². The van der Waals surface area contributed by atoms with Crippen LogP contribution in [0.25, 0.3) is 0 Å². The summed E-state index contributed by atoms with van der Waals surface area (Å²) in [5, 5.41) is 2.52. The molecule has 35 heavy (non-hydrogen) atoms. The third kappa shape index (κ3) is 5.82. The van der Waals surface area contributed by atoms with Gasteiger partial charge in [-0.05, 0) is 56.0 Å². The number of carbonyl (C=O) groups excluding carboxylic acids is 3. The van der Waals surface area contributed by atoms with E-state index in [1.807, 2.05) is 6.07 Å². The van der Waals surface area contributed by atoms with Gasteiger partial charge in [-0.2, -0.15) is 8.78 Å². The van der Waals surface area contributed by atoms with Crippen LogP contribution in [0.5, 0.6) is 5.75 Å². The summed E-state index contributed by atoms with van der Waals surface area (Å²) in [6.45, 7) is 2.12. The van der Waals surface area contributed by atoms with E-state index in [1.165, 1.54) is 36.2 Å². The second-order valence-corrected chi connectivity index (χ2v) is 8.95. The van der Waals surface area contributed by atoms with Crippen molar-refractivity contribution in [3.8, 4) is 5.75 Å². The molecule has 1 aliphatic heterocycles. The van der Waals surface area contributed by atoms with Crippen molar-refractivity contribution in [3.63, 3.8) is 0 Å². The molecule has 1 heterocycles. The third-order valence-corrected chi connectivity index (χ3v) is 5.21. The summed E-state index contributed by atoms with van der Waals surface area (Å²) in [5.74, 6) is -0.581. The molecule has 0 spiro atoms. The van der Waals surface area contributed by atoms with Gasteiger partial charge in [0.05, 0.1) is 0 Å². The number of aliphatic imine (C=N–C) groups is 1. The lowest BCUT2D eigenvalue weighted by atomic mass is 9.82. The quantitative estimate of drug-likeness (QED) is 0.595. The maximum Gasteiger partial charge on any atom is 0.414 e. The molecule has 10 heteroatoms. The van der Waals surface area contributed by atoms with E-state index in [0.717, 1.165) is 11.8 Å². The van der Waals surface area contributed by atoms with Crippen molar-refractivity contribution < 1.29 is 32.6 Å². The summed E-state index contributed by atoms with van der Waals surface area (Å²) in [6.07, 6.45) is 0.788. The molecule has 2 aromatic carbocycles. The first-order chi connectivity index (χ1) is 16.5. The Bertz CT molecular complexity index is 1130. The van der Waals surface area contributed by atoms with Gasteiger partial charge in [-0.1, -0.05) is 36.4 Å². The number of ether oxygens (including phenoxy) is 2. The van der Waals surface area contributed by atoms with E-state index in [2.05, 4.69) is 15.0 Å². The van der Waals surface area contributed by atoms with E-state index in [4.69, 9.17) is 4.74 Å². The Hall–Kier alpha value is -3.82. The largest absolute Gasteiger partial charge is 0.444 e. The van der Waals surface area contributed by atoms with E-state index in [0.29, 0.717) is 24.0 Å². The topological polar surface area (TPSA) is 97.3 Å². The first-order valence-electron chi connectivity index (χ1n) is 10.9. The number of rotatable bonds is 7. The summed E-state index contributed by atoms with van der Waals surface area (Å²) < 4.78 is 35.0. The number of nitrogens with zero attached hydrogens (tertiary/aromatic N) is 2. The van der Waals surface area contributed by atoms with Gasteiger partial charge in [-0.3, -0.25) is 15.0 Å². The summed E-state index contributed by atoms with van der Waals surface area (Å²) >= 11 is 0. The Morgan fingerprint density at radius 3 is 2.46 bits per heavy atom. The van der Waals surface area contributed by atoms with Crippen LogP contribution in [0.3, 0.4) is 0 Å². The molecule has 0 saturated carbocycles. The van der Waals surface area contributed by atoms with Crippen LogP contribution in [0.4, 0.5) is 13.6 Å². The highest BCUT2D eigenvalue weighted by Crippen LogP contribution is 2.40. The Morgan fingerprint density at radius 1 is 1.17 bits per heavy atom. The monoisotopic (exact) mass is 487 g/mol. The molecular formula is C25H27F2N3O5. The van der Waals surface area contributed by atoms with Crippen LogP contribution in [-0.2, 0) is 26.3 Å². The number of carbonyl (C=O) groups is 3. The average Bonchev–Trinajstić information content (AvgIpc) is 3.02. The summed E-state index contributed by atoms with van der Waals surface area (Å²) in [5.41, 5.74) is -0.702. The lowest BCUT2D eigenvalue weighted by Gasteiger charge is -2.26. The number of hydrogen-bond donors (Lipinski definition) is 1. The number of likely N-dealkylation sites (N-methyl/N-ethyl adjacent to an activating group) is 1. The fraction of sp³-hybridized carbons (Fsp3) is 0.360. The van der Waals surface area contributed by atoms with Gasteiger partial charge < -0.3 is 14.3 Å². The Kier molecular flexibility index (Phi) is 7.52. The third-order valence-electron chi connectivity index (χ3n) is 5.21. The predicted molar refractivity (Wildman–Crippen MR) is 124 cm³/mol. The van der Waals surface area contributed by atoms with Crippen molar-refractivity contribution in [1.82, 2.24) is 10.2 Å². The zero-order valence-electron chi connectivity index (χ0n) is 19.9. The first kappa shape index (κ1) is 25.8. The number of halogens is 2. The number of aryl methyl sites for hydroxylation is 1. The first-order valence-corrected chi connectivity index (χ1v) is 10.9. The van der Waals surface area contributed by atoms with Crippen LogP contribution in [0.1, 0.15) is 43.9 Å². The molecule has 2 aromatic rings. The lowest BCUT2D eigenvalue weighted by Crippen LogP contribution is -2.45. The number of guanidine groups is 1. The van der Waals surface area contributed by atoms with Crippen LogP contribution in [0.2, 0.25) is 0 Å². The Labute approximate surface area is 201 Å². The fourth-order valence-electron chi connectivity index (χ4n) is 3.73. The lowest BCUT2D eigenvalue weighted by molar-refractivity contribution is -0.129. The summed E-state index contributed by atoms with van der Waals surface area (Å²) in [6, 6.07) is 12.6. The van der Waals surface area contributed by atoms with Crippen LogP contribution < -0.4 is 10.1 Å². The van der Waals surface area contributed by atoms with Gasteiger partial charge >= 0.3 is 12.7 Å². The van der Waals surface area contributed by atoms with E-state index in [1.54, 1.807) is 39.0 Å². The highest BCUT2D eigenvalue weighted by molar-refractivity contribution is 6.12. The Balaban J connectivity index is 2.11. The minimum absolute atomic E-state index is 0.0320. The molecule has 0 aliphatic carbocycles. The van der Waals surface area contributed by atoms with Gasteiger partial charge in [0.25, 0.3) is 5.91 Å². The number of alkyl halides is 2. The fourth-order valence-corrected chi connectivity index (χ4v) is 3.73. The van der Waals surface area contributed by atoms with Crippen molar-refractivity contribution in [2.75, 3.05) is 7.05 Å². The van der Waals surface area contributed by atoms with Crippen LogP contribution >= 0.6 is 0 Å². The zero-order chi connectivity index (χ0) is 25.8. The second kappa shape index (κ2) is 10.2. The minimum atomic E-state index is -2.99. The van der Waals surface area contributed by atoms with Crippen molar-refractivity contribution >= 4 is 24.2 Å². The maximum absolute atomic E-state index is 13.7. The molecule has 1 aliphatic rings. The number of hydrogen-bond acceptors (Lipinski definition) is 6.